The molecule has 1 unspecified atom stereocenters. The van der Waals surface area contributed by atoms with Crippen LogP contribution >= 0.6 is 0 Å². The van der Waals surface area contributed by atoms with Gasteiger partial charge in [0, 0.05) is 12.2 Å². The minimum absolute atomic E-state index is 0.0324. The number of benzene rings is 1. The first kappa shape index (κ1) is 18.8. The number of rotatable bonds is 12. The van der Waals surface area contributed by atoms with Gasteiger partial charge in [-0.1, -0.05) is 70.9 Å². The summed E-state index contributed by atoms with van der Waals surface area (Å²) in [6, 6.07) is 5.12. The molecule has 1 rings (SSSR count). The Kier molecular flexibility index (Phi) is 9.72. The molecular formula is C19H32O3. The van der Waals surface area contributed by atoms with Crippen LogP contribution < -0.4 is 0 Å². The molecule has 0 heterocycles. The van der Waals surface area contributed by atoms with Gasteiger partial charge in [-0.05, 0) is 18.9 Å². The van der Waals surface area contributed by atoms with Crippen LogP contribution in [0.5, 0.6) is 11.5 Å². The second-order valence-electron chi connectivity index (χ2n) is 5.98. The van der Waals surface area contributed by atoms with Crippen LogP contribution in [0.3, 0.4) is 0 Å². The number of phenolic OH excluding ortho intramolecular Hbond substituents is 2. The molecule has 0 amide bonds. The maximum absolute atomic E-state index is 10.1. The van der Waals surface area contributed by atoms with Gasteiger partial charge in [0.2, 0.25) is 0 Å². The molecule has 1 aromatic rings. The summed E-state index contributed by atoms with van der Waals surface area (Å²) in [4.78, 5) is 0. The number of unbranched alkanes of at least 4 members (excludes halogenated alkanes) is 6. The van der Waals surface area contributed by atoms with Crippen molar-refractivity contribution >= 4 is 0 Å². The van der Waals surface area contributed by atoms with Gasteiger partial charge in [0.05, 0.1) is 6.10 Å². The van der Waals surface area contributed by atoms with Gasteiger partial charge in [0.1, 0.15) is 0 Å². The van der Waals surface area contributed by atoms with E-state index in [0.717, 1.165) is 25.7 Å². The van der Waals surface area contributed by atoms with E-state index in [0.29, 0.717) is 12.2 Å². The minimum atomic E-state index is -0.121. The van der Waals surface area contributed by atoms with Crippen LogP contribution in [0.2, 0.25) is 0 Å². The largest absolute Gasteiger partial charge is 0.504 e. The minimum Gasteiger partial charge on any atom is -0.504 e. The number of aromatic hydroxyl groups is 2. The lowest BCUT2D eigenvalue weighted by Crippen LogP contribution is -2.06. The van der Waals surface area contributed by atoms with E-state index in [9.17, 15) is 10.2 Å². The Morgan fingerprint density at radius 1 is 0.909 bits per heavy atom. The third kappa shape index (κ3) is 6.69. The third-order valence-electron chi connectivity index (χ3n) is 4.03. The highest BCUT2D eigenvalue weighted by atomic mass is 16.5. The van der Waals surface area contributed by atoms with Gasteiger partial charge in [-0.3, -0.25) is 0 Å². The molecule has 3 heteroatoms. The molecule has 1 atom stereocenters. The molecule has 0 saturated heterocycles. The van der Waals surface area contributed by atoms with E-state index in [1.807, 2.05) is 6.07 Å². The molecule has 126 valence electrons. The fraction of sp³-hybridized carbons (Fsp3) is 0.684. The molecule has 0 aliphatic heterocycles. The molecule has 0 saturated carbocycles. The van der Waals surface area contributed by atoms with Gasteiger partial charge in [-0.25, -0.2) is 0 Å². The van der Waals surface area contributed by atoms with Gasteiger partial charge in [-0.15, -0.1) is 0 Å². The Hall–Kier alpha value is -1.22. The molecule has 0 aliphatic carbocycles. The Morgan fingerprint density at radius 3 is 2.32 bits per heavy atom. The molecule has 0 radical (unpaired) electrons. The molecule has 0 aliphatic rings. The summed E-state index contributed by atoms with van der Waals surface area (Å²) in [5, 5.41) is 19.8. The standard InChI is InChI=1S/C19H32O3/c1-3-5-7-8-9-10-14-18(22-15-6-4-2)16-12-11-13-17(20)19(16)21/h11-13,18,20-21H,3-10,14-15H2,1-2H3. The zero-order chi connectivity index (χ0) is 16.2. The van der Waals surface area contributed by atoms with Crippen molar-refractivity contribution < 1.29 is 14.9 Å². The fourth-order valence-electron chi connectivity index (χ4n) is 2.62. The van der Waals surface area contributed by atoms with Crippen molar-refractivity contribution in [3.05, 3.63) is 23.8 Å². The lowest BCUT2D eigenvalue weighted by Gasteiger charge is -2.20. The zero-order valence-corrected chi connectivity index (χ0v) is 14.2. The van der Waals surface area contributed by atoms with Crippen molar-refractivity contribution in [2.45, 2.75) is 77.7 Å². The number of para-hydroxylation sites is 1. The van der Waals surface area contributed by atoms with Gasteiger partial charge in [0.25, 0.3) is 0 Å². The average Bonchev–Trinajstić information content (AvgIpc) is 2.52. The predicted molar refractivity (Wildman–Crippen MR) is 91.4 cm³/mol. The van der Waals surface area contributed by atoms with E-state index >= 15 is 0 Å². The normalized spacial score (nSPS) is 12.5. The van der Waals surface area contributed by atoms with Crippen molar-refractivity contribution in [2.75, 3.05) is 6.61 Å². The summed E-state index contributed by atoms with van der Waals surface area (Å²) in [5.41, 5.74) is 0.713. The smallest absolute Gasteiger partial charge is 0.163 e. The van der Waals surface area contributed by atoms with E-state index in [2.05, 4.69) is 13.8 Å². The first-order chi connectivity index (χ1) is 10.7. The second kappa shape index (κ2) is 11.4. The van der Waals surface area contributed by atoms with Crippen LogP contribution in [0.4, 0.5) is 0 Å². The molecular weight excluding hydrogens is 276 g/mol. The maximum atomic E-state index is 10.1. The highest BCUT2D eigenvalue weighted by Crippen LogP contribution is 2.36. The molecule has 22 heavy (non-hydrogen) atoms. The fourth-order valence-corrected chi connectivity index (χ4v) is 2.62. The number of hydrogen-bond acceptors (Lipinski definition) is 3. The molecule has 0 fully saturated rings. The van der Waals surface area contributed by atoms with Crippen LogP contribution in [0.1, 0.15) is 83.3 Å². The van der Waals surface area contributed by atoms with Crippen molar-refractivity contribution in [2.24, 2.45) is 0 Å². The summed E-state index contributed by atoms with van der Waals surface area (Å²) < 4.78 is 5.96. The second-order valence-corrected chi connectivity index (χ2v) is 5.98. The lowest BCUT2D eigenvalue weighted by atomic mass is 10.0. The number of hydrogen-bond donors (Lipinski definition) is 2. The Morgan fingerprint density at radius 2 is 1.59 bits per heavy atom. The molecule has 1 aromatic carbocycles. The predicted octanol–water partition coefficient (Wildman–Crippen LogP) is 5.71. The third-order valence-corrected chi connectivity index (χ3v) is 4.03. The van der Waals surface area contributed by atoms with E-state index in [1.54, 1.807) is 6.07 Å². The van der Waals surface area contributed by atoms with Gasteiger partial charge in [-0.2, -0.15) is 0 Å². The topological polar surface area (TPSA) is 49.7 Å². The van der Waals surface area contributed by atoms with Crippen molar-refractivity contribution in [1.82, 2.24) is 0 Å². The van der Waals surface area contributed by atoms with Gasteiger partial charge < -0.3 is 14.9 Å². The number of phenols is 2. The highest BCUT2D eigenvalue weighted by Gasteiger charge is 2.17. The lowest BCUT2D eigenvalue weighted by molar-refractivity contribution is 0.0411. The molecule has 3 nitrogen and oxygen atoms in total. The van der Waals surface area contributed by atoms with Crippen molar-refractivity contribution in [1.29, 1.82) is 0 Å². The molecule has 0 spiro atoms. The Bertz CT molecular complexity index is 404. The van der Waals surface area contributed by atoms with E-state index in [4.69, 9.17) is 4.74 Å². The van der Waals surface area contributed by atoms with Gasteiger partial charge >= 0.3 is 0 Å². The molecule has 0 bridgehead atoms. The zero-order valence-electron chi connectivity index (χ0n) is 14.2. The Labute approximate surface area is 135 Å². The van der Waals surface area contributed by atoms with Crippen LogP contribution in [0, 0.1) is 0 Å². The quantitative estimate of drug-likeness (QED) is 0.384. The van der Waals surface area contributed by atoms with Crippen LogP contribution in [0.25, 0.3) is 0 Å². The summed E-state index contributed by atoms with van der Waals surface area (Å²) >= 11 is 0. The summed E-state index contributed by atoms with van der Waals surface area (Å²) in [7, 11) is 0. The summed E-state index contributed by atoms with van der Waals surface area (Å²) in [6.45, 7) is 5.06. The van der Waals surface area contributed by atoms with Crippen molar-refractivity contribution in [3.63, 3.8) is 0 Å². The molecule has 0 aromatic heterocycles. The Balaban J connectivity index is 2.54. The van der Waals surface area contributed by atoms with Crippen LogP contribution in [-0.2, 0) is 4.74 Å². The van der Waals surface area contributed by atoms with Crippen LogP contribution in [-0.4, -0.2) is 16.8 Å². The number of ether oxygens (including phenoxy) is 1. The van der Waals surface area contributed by atoms with E-state index in [1.165, 1.54) is 38.2 Å². The first-order valence-corrected chi connectivity index (χ1v) is 8.83. The summed E-state index contributed by atoms with van der Waals surface area (Å²) in [6.07, 6.45) is 10.3. The maximum Gasteiger partial charge on any atom is 0.163 e. The van der Waals surface area contributed by atoms with Gasteiger partial charge in [0.15, 0.2) is 11.5 Å². The summed E-state index contributed by atoms with van der Waals surface area (Å²) in [5.74, 6) is -0.0977. The SMILES string of the molecule is CCCCCCCCC(OCCCC)c1cccc(O)c1O. The van der Waals surface area contributed by atoms with Crippen LogP contribution in [0.15, 0.2) is 18.2 Å². The molecule has 2 N–H and O–H groups in total. The average molecular weight is 308 g/mol. The monoisotopic (exact) mass is 308 g/mol. The highest BCUT2D eigenvalue weighted by molar-refractivity contribution is 5.45. The van der Waals surface area contributed by atoms with Crippen molar-refractivity contribution in [3.8, 4) is 11.5 Å². The van der Waals surface area contributed by atoms with E-state index < -0.39 is 0 Å². The van der Waals surface area contributed by atoms with E-state index in [-0.39, 0.29) is 17.6 Å². The first-order valence-electron chi connectivity index (χ1n) is 8.83.